The van der Waals surface area contributed by atoms with Gasteiger partial charge < -0.3 is 65.2 Å². The fourth-order valence-corrected chi connectivity index (χ4v) is 12.0. The molecule has 21 atom stereocenters. The Morgan fingerprint density at radius 2 is 0.956 bits per heavy atom. The Kier molecular flexibility index (Phi) is 29.3. The molecule has 4 fully saturated rings. The maximum absolute atomic E-state index is 13.9. The van der Waals surface area contributed by atoms with Gasteiger partial charge in [-0.25, -0.2) is 4.79 Å². The van der Waals surface area contributed by atoms with E-state index < -0.39 is 129 Å². The third-order valence-electron chi connectivity index (χ3n) is 16.2. The van der Waals surface area contributed by atoms with E-state index in [2.05, 4.69) is 13.8 Å². The SMILES string of the molecule is C[C@@H]1C(COCc2ccccc2)O[C@H](OCN(Cc2ccccc2)C(=O)OCc2ccccc2)C(O[C@H]2OC(COCc3ccccc3)[C@@H](O)[C@H](P[B]B=O)C2OCc2ccccc2)[C@H]1C.NCO[C@H]1OC(CO)[C@@H](O)[C@H](O)C1O[C@H]1OC(CO)[C@@H](O)[C@H](O)C1O. The summed E-state index contributed by atoms with van der Waals surface area (Å²) < 4.78 is 84.9. The molecule has 10 N–H and O–H groups in total. The normalized spacial score (nSPS) is 31.6. The number of ether oxygens (including phenoxy) is 12. The van der Waals surface area contributed by atoms with Crippen molar-refractivity contribution in [2.45, 2.75) is 157 Å². The van der Waals surface area contributed by atoms with E-state index in [-0.39, 0.29) is 66.7 Å². The number of hydrogen-bond donors (Lipinski definition) is 9. The molecule has 5 aromatic carbocycles. The van der Waals surface area contributed by atoms with Crippen LogP contribution in [0.4, 0.5) is 4.79 Å². The molecule has 0 saturated carbocycles. The molecule has 9 rings (SSSR count). The van der Waals surface area contributed by atoms with Crippen LogP contribution in [0.3, 0.4) is 0 Å². The monoisotopic (exact) mass is 1290 g/mol. The van der Waals surface area contributed by atoms with Gasteiger partial charge in [0, 0.05) is 0 Å². The van der Waals surface area contributed by atoms with Crippen molar-refractivity contribution in [3.8, 4) is 0 Å². The minimum atomic E-state index is -1.71. The van der Waals surface area contributed by atoms with Crippen LogP contribution in [0.5, 0.6) is 0 Å². The Morgan fingerprint density at radius 1 is 0.495 bits per heavy atom. The topological polar surface area (TPSA) is 336 Å². The first-order chi connectivity index (χ1) is 44.2. The third kappa shape index (κ3) is 20.5. The Balaban J connectivity index is 0.000000356. The van der Waals surface area contributed by atoms with Gasteiger partial charge in [-0.1, -0.05) is 91.0 Å². The molecule has 5 aromatic rings. The van der Waals surface area contributed by atoms with E-state index in [0.29, 0.717) is 13.2 Å². The Hall–Kier alpha value is -5.07. The first kappa shape index (κ1) is 71.8. The van der Waals surface area contributed by atoms with Crippen LogP contribution in [-0.2, 0) is 94.5 Å². The summed E-state index contributed by atoms with van der Waals surface area (Å²) in [5.41, 5.74) is 9.37. The van der Waals surface area contributed by atoms with Gasteiger partial charge >= 0.3 is 262 Å². The van der Waals surface area contributed by atoms with Crippen LogP contribution in [-0.4, -0.2) is 216 Å². The number of hydrogen-bond acceptors (Lipinski definition) is 23. The molecule has 0 spiro atoms. The van der Waals surface area contributed by atoms with Gasteiger partial charge in [-0.2, -0.15) is 0 Å². The number of benzene rings is 5. The predicted octanol–water partition coefficient (Wildman–Crippen LogP) is 2.46. The molecule has 0 aromatic heterocycles. The maximum atomic E-state index is 13.9. The first-order valence-electron chi connectivity index (χ1n) is 30.3. The van der Waals surface area contributed by atoms with Crippen molar-refractivity contribution >= 4 is 28.5 Å². The number of carbonyl (C=O) groups is 1. The van der Waals surface area contributed by atoms with E-state index in [4.69, 9.17) is 72.8 Å². The van der Waals surface area contributed by atoms with E-state index in [1.54, 1.807) is 0 Å². The summed E-state index contributed by atoms with van der Waals surface area (Å²) in [5.74, 6) is -0.298. The molecule has 0 aliphatic carbocycles. The van der Waals surface area contributed by atoms with E-state index in [1.165, 1.54) is 11.8 Å². The van der Waals surface area contributed by atoms with Crippen LogP contribution in [0, 0.1) is 11.8 Å². The molecule has 4 heterocycles. The van der Waals surface area contributed by atoms with Crippen LogP contribution in [0.1, 0.15) is 41.7 Å². The zero-order chi connectivity index (χ0) is 64.7. The molecule has 1 radical (unpaired) electrons. The second-order valence-corrected chi connectivity index (χ2v) is 23.8. The third-order valence-corrected chi connectivity index (χ3v) is 17.6. The molecular weight excluding hydrogens is 1200 g/mol. The summed E-state index contributed by atoms with van der Waals surface area (Å²) in [6, 6.07) is 48.6. The molecule has 1 amide bonds. The van der Waals surface area contributed by atoms with Crippen molar-refractivity contribution in [2.24, 2.45) is 17.6 Å². The largest absolute Gasteiger partial charge is 0.394 e. The van der Waals surface area contributed by atoms with Crippen LogP contribution in [0.2, 0.25) is 0 Å². The van der Waals surface area contributed by atoms with Crippen molar-refractivity contribution < 1.29 is 107 Å². The molecule has 27 heteroatoms. The number of aliphatic hydroxyl groups excluding tert-OH is 8. The average Bonchev–Trinajstić information content (AvgIpc) is 1.60. The number of amides is 1. The first-order valence-corrected chi connectivity index (χ1v) is 31.4. The van der Waals surface area contributed by atoms with E-state index in [9.17, 15) is 40.1 Å². The summed E-state index contributed by atoms with van der Waals surface area (Å²) in [6.45, 7) is 5.42. The summed E-state index contributed by atoms with van der Waals surface area (Å²) in [5, 5.41) is 79.9. The number of rotatable bonds is 29. The quantitative estimate of drug-likeness (QED) is 0.0189. The Morgan fingerprint density at radius 3 is 1.49 bits per heavy atom. The predicted molar refractivity (Wildman–Crippen MR) is 329 cm³/mol. The van der Waals surface area contributed by atoms with Crippen LogP contribution < -0.4 is 5.73 Å². The molecule has 493 valence electrons. The van der Waals surface area contributed by atoms with Gasteiger partial charge in [-0.3, -0.25) is 0 Å². The molecule has 9 unspecified atom stereocenters. The molecule has 0 bridgehead atoms. The average molecular weight is 1290 g/mol. The summed E-state index contributed by atoms with van der Waals surface area (Å²) in [7, 11) is 0.623. The molecule has 4 aliphatic heterocycles. The van der Waals surface area contributed by atoms with E-state index in [1.807, 2.05) is 152 Å². The smallest absolute Gasteiger partial charge is 0.188 e. The molecular formula is C64H84B2N2O22P. The number of aliphatic hydroxyl groups is 8. The van der Waals surface area contributed by atoms with E-state index in [0.717, 1.165) is 34.9 Å². The summed E-state index contributed by atoms with van der Waals surface area (Å²) >= 11 is 0. The summed E-state index contributed by atoms with van der Waals surface area (Å²) in [6.07, 6.45) is -21.3. The van der Waals surface area contributed by atoms with Crippen molar-refractivity contribution in [1.29, 1.82) is 0 Å². The van der Waals surface area contributed by atoms with Gasteiger partial charge in [0.1, 0.15) is 55.4 Å². The van der Waals surface area contributed by atoms with Gasteiger partial charge in [-0.05, 0) is 16.7 Å². The Labute approximate surface area is 532 Å². The van der Waals surface area contributed by atoms with Crippen molar-refractivity contribution in [3.05, 3.63) is 179 Å². The molecule has 91 heavy (non-hydrogen) atoms. The van der Waals surface area contributed by atoms with Crippen molar-refractivity contribution in [1.82, 2.24) is 4.90 Å². The van der Waals surface area contributed by atoms with Crippen molar-refractivity contribution in [2.75, 3.05) is 39.9 Å². The zero-order valence-corrected chi connectivity index (χ0v) is 51.7. The molecule has 4 saturated heterocycles. The molecule has 24 nitrogen and oxygen atoms in total. The minimum absolute atomic E-state index is 0.0524. The van der Waals surface area contributed by atoms with Gasteiger partial charge in [0.05, 0.1) is 26.6 Å². The van der Waals surface area contributed by atoms with Crippen LogP contribution >= 0.6 is 8.46 Å². The number of nitrogens with two attached hydrogens (primary N) is 1. The zero-order valence-electron chi connectivity index (χ0n) is 50.7. The fourth-order valence-electron chi connectivity index (χ4n) is 10.8. The number of carbonyl (C=O) groups excluding carboxylic acids is 1. The van der Waals surface area contributed by atoms with Crippen LogP contribution in [0.25, 0.3) is 0 Å². The molecule has 4 aliphatic rings. The van der Waals surface area contributed by atoms with E-state index >= 15 is 0 Å². The maximum Gasteiger partial charge on any atom is 0.188 e. The van der Waals surface area contributed by atoms with Gasteiger partial charge in [0.15, 0.2) is 12.6 Å². The number of nitrogens with zero attached hydrogens (tertiary/aromatic N) is 1. The Bertz CT molecular complexity index is 2850. The van der Waals surface area contributed by atoms with Crippen molar-refractivity contribution in [3.63, 3.8) is 0 Å². The second kappa shape index (κ2) is 37.1. The standard InChI is InChI=1S/C51H59B2NO11P.C13H25NO11/c1-36-37(2)46(65-50-47(60-31-41-24-14-6-15-25-41)48(66-53-52-57)45(55)44(64-50)34-59-30-40-22-12-5-13-23-40)49(63-43(36)33-58-29-39-20-10-4-11-21-39)62-35-54(28-38-18-8-3-9-19-38)51(56)61-32-42-26-16-7-17-27-42;14-3-22-13-11(9(20)7(18)5(2-16)24-13)25-12-10(21)8(19)6(17)4(1-15)23-12/h3-27,36-37,43-50,55,66H,28-35H2,1-2H3;4-13,15-21H,1-3,14H2/t36-,37-,43?,44?,45+,46?,47?,48-,49-,50+;4?,5?,6-,7-,8+,9+,10?,11?,12-,13+/m01/s1. The van der Waals surface area contributed by atoms with Crippen LogP contribution in [0.15, 0.2) is 152 Å². The second-order valence-electron chi connectivity index (χ2n) is 22.5. The summed E-state index contributed by atoms with van der Waals surface area (Å²) in [4.78, 5) is 15.4. The van der Waals surface area contributed by atoms with Gasteiger partial charge in [-0.15, -0.1) is 0 Å². The van der Waals surface area contributed by atoms with Gasteiger partial charge in [0.2, 0.25) is 0 Å². The minimum Gasteiger partial charge on any atom is -0.394 e. The fraction of sp³-hybridized carbons (Fsp3) is 0.516. The van der Waals surface area contributed by atoms with Gasteiger partial charge in [0.25, 0.3) is 0 Å².